The smallest absolute Gasteiger partial charge is 0 e. The molecule has 0 saturated heterocycles. The minimum Gasteiger partial charge on any atom is -0.335 e. The molecule has 49 valence electrons. The first-order valence-corrected chi connectivity index (χ1v) is 1.57. The van der Waals surface area contributed by atoms with Crippen LogP contribution in [0.4, 0.5) is 0 Å². The van der Waals surface area contributed by atoms with Gasteiger partial charge in [0, 0.05) is 32.7 Å². The summed E-state index contributed by atoms with van der Waals surface area (Å²) < 4.78 is 0. The van der Waals surface area contributed by atoms with Crippen molar-refractivity contribution in [1.82, 2.24) is 0 Å². The van der Waals surface area contributed by atoms with E-state index < -0.39 is 0 Å². The van der Waals surface area contributed by atoms with E-state index in [1.807, 2.05) is 0 Å². The second kappa shape index (κ2) is 15.6. The van der Waals surface area contributed by atoms with E-state index in [0.29, 0.717) is 0 Å². The fourth-order valence-corrected chi connectivity index (χ4v) is 0. The Bertz CT molecular complexity index is 43.8. The summed E-state index contributed by atoms with van der Waals surface area (Å²) in [6.07, 6.45) is 1.53. The molecule has 0 bridgehead atoms. The molecule has 0 amide bonds. The molecule has 0 aliphatic heterocycles. The van der Waals surface area contributed by atoms with E-state index in [-0.39, 0.29) is 53.3 Å². The Morgan fingerprint density at radius 2 is 1.50 bits per heavy atom. The van der Waals surface area contributed by atoms with Gasteiger partial charge in [0.15, 0.2) is 0 Å². The van der Waals surface area contributed by atoms with Gasteiger partial charge in [0.25, 0.3) is 0 Å². The van der Waals surface area contributed by atoms with Gasteiger partial charge in [-0.25, -0.2) is 0 Å². The summed E-state index contributed by atoms with van der Waals surface area (Å²) in [5, 5.41) is 0. The molecule has 8 heavy (non-hydrogen) atoms. The fourth-order valence-electron chi connectivity index (χ4n) is 0. The molecule has 0 N–H and O–H groups in total. The number of ketones is 1. The van der Waals surface area contributed by atoms with Crippen molar-refractivity contribution < 1.29 is 37.5 Å². The molecule has 0 atom stereocenters. The van der Waals surface area contributed by atoms with E-state index in [2.05, 4.69) is 0 Å². The molecule has 1 nitrogen and oxygen atoms in total. The first kappa shape index (κ1) is 23.4. The van der Waals surface area contributed by atoms with Gasteiger partial charge in [0.2, 0.25) is 0 Å². The third-order valence-electron chi connectivity index (χ3n) is 0.407. The van der Waals surface area contributed by atoms with E-state index in [1.165, 1.54) is 13.3 Å². The number of rotatable bonds is 1. The number of hydrogen-bond acceptors (Lipinski definition) is 1. The van der Waals surface area contributed by atoms with Crippen LogP contribution in [0.1, 0.15) is 28.7 Å². The van der Waals surface area contributed by atoms with Crippen LogP contribution in [0.3, 0.4) is 0 Å². The summed E-state index contributed by atoms with van der Waals surface area (Å²) >= 11 is 0. The average Bonchev–Trinajstić information content (AvgIpc) is 1.38. The van der Waals surface area contributed by atoms with Crippen LogP contribution in [-0.2, 0) is 37.5 Å². The van der Waals surface area contributed by atoms with Crippen molar-refractivity contribution in [3.8, 4) is 0 Å². The van der Waals surface area contributed by atoms with Crippen LogP contribution in [0.5, 0.6) is 0 Å². The van der Waals surface area contributed by atoms with Gasteiger partial charge in [0.1, 0.15) is 0 Å². The molecule has 0 unspecified atom stereocenters. The van der Waals surface area contributed by atoms with E-state index in [9.17, 15) is 4.79 Å². The Kier molecular flexibility index (Phi) is 45.8. The van der Waals surface area contributed by atoms with Crippen LogP contribution in [0, 0.1) is 6.42 Å². The number of carbonyl (C=O) groups excluding carboxylic acids is 1. The van der Waals surface area contributed by atoms with Gasteiger partial charge >= 0.3 is 0 Å². The molecule has 0 aromatic rings. The zero-order valence-corrected chi connectivity index (χ0v) is 6.90. The van der Waals surface area contributed by atoms with Gasteiger partial charge in [-0.3, -0.25) is 0 Å². The van der Waals surface area contributed by atoms with Gasteiger partial charge < -0.3 is 11.2 Å². The molecule has 0 spiro atoms. The van der Waals surface area contributed by atoms with Crippen molar-refractivity contribution in [3.05, 3.63) is 6.42 Å². The second-order valence-corrected chi connectivity index (χ2v) is 0.899. The van der Waals surface area contributed by atoms with Crippen LogP contribution in [0.15, 0.2) is 0 Å². The molecule has 0 aromatic heterocycles. The Balaban J connectivity index is -0.0000000267. The standard InChI is InChI=1S/C4H7O.2CH4.Y/c1-3-4(2)5;;;/h3H,1-2H3;2*1H4;/q-1;;;. The number of Topliss-reactive ketones (excluding diaryl/α,β-unsaturated/α-hetero) is 1. The normalized spacial score (nSPS) is 4.25. The molecule has 1 radical (unpaired) electrons. The molecule has 0 aromatic carbocycles. The van der Waals surface area contributed by atoms with Gasteiger partial charge in [-0.2, -0.15) is 6.92 Å². The zero-order chi connectivity index (χ0) is 4.28. The maximum Gasteiger partial charge on any atom is 0 e. The largest absolute Gasteiger partial charge is 0.335 e. The third kappa shape index (κ3) is 30.3. The van der Waals surface area contributed by atoms with Crippen molar-refractivity contribution in [1.29, 1.82) is 0 Å². The molecule has 0 aliphatic rings. The summed E-state index contributed by atoms with van der Waals surface area (Å²) in [6.45, 7) is 3.25. The van der Waals surface area contributed by atoms with Crippen molar-refractivity contribution in [2.45, 2.75) is 28.7 Å². The molecule has 0 rings (SSSR count). The SMILES string of the molecule is C.C.C[CH-]C(C)=O.[Y]. The van der Waals surface area contributed by atoms with Crippen molar-refractivity contribution in [2.75, 3.05) is 0 Å². The predicted octanol–water partition coefficient (Wildman–Crippen LogP) is 2.07. The van der Waals surface area contributed by atoms with Gasteiger partial charge in [-0.15, -0.1) is 0 Å². The zero-order valence-electron chi connectivity index (χ0n) is 4.06. The monoisotopic (exact) mass is 192 g/mol. The molecule has 2 heteroatoms. The van der Waals surface area contributed by atoms with E-state index in [0.717, 1.165) is 0 Å². The van der Waals surface area contributed by atoms with Crippen molar-refractivity contribution in [2.24, 2.45) is 0 Å². The molecular formula is C6H15OY-. The van der Waals surface area contributed by atoms with Gasteiger partial charge in [-0.1, -0.05) is 14.9 Å². The molecule has 0 aliphatic carbocycles. The van der Waals surface area contributed by atoms with Crippen LogP contribution in [0.25, 0.3) is 0 Å². The maximum atomic E-state index is 9.76. The van der Waals surface area contributed by atoms with Gasteiger partial charge in [0.05, 0.1) is 0 Å². The minimum atomic E-state index is 0. The number of carbonyl (C=O) groups is 1. The Morgan fingerprint density at radius 3 is 1.50 bits per heavy atom. The van der Waals surface area contributed by atoms with E-state index in [1.54, 1.807) is 6.92 Å². The molecule has 0 fully saturated rings. The van der Waals surface area contributed by atoms with Crippen LogP contribution in [-0.4, -0.2) is 5.78 Å². The summed E-state index contributed by atoms with van der Waals surface area (Å²) in [4.78, 5) is 9.76. The summed E-state index contributed by atoms with van der Waals surface area (Å²) in [6, 6.07) is 0. The Labute approximate surface area is 78.1 Å². The van der Waals surface area contributed by atoms with E-state index in [4.69, 9.17) is 0 Å². The number of hydrogen-bond donors (Lipinski definition) is 0. The van der Waals surface area contributed by atoms with Crippen molar-refractivity contribution in [3.63, 3.8) is 0 Å². The Morgan fingerprint density at radius 1 is 1.38 bits per heavy atom. The van der Waals surface area contributed by atoms with Crippen LogP contribution >= 0.6 is 0 Å². The first-order chi connectivity index (χ1) is 2.27. The second-order valence-electron chi connectivity index (χ2n) is 0.899. The topological polar surface area (TPSA) is 17.1 Å². The first-order valence-electron chi connectivity index (χ1n) is 1.57. The summed E-state index contributed by atoms with van der Waals surface area (Å²) in [5.74, 6) is 0.130. The summed E-state index contributed by atoms with van der Waals surface area (Å²) in [5.41, 5.74) is 0. The Hall–Kier alpha value is 0.644. The van der Waals surface area contributed by atoms with Gasteiger partial charge in [-0.05, 0) is 12.7 Å². The fraction of sp³-hybridized carbons (Fsp3) is 0.667. The average molecular weight is 192 g/mol. The maximum absolute atomic E-state index is 9.76. The minimum absolute atomic E-state index is 0. The van der Waals surface area contributed by atoms with Crippen LogP contribution in [0.2, 0.25) is 0 Å². The predicted molar refractivity (Wildman–Crippen MR) is 34.1 cm³/mol. The van der Waals surface area contributed by atoms with E-state index >= 15 is 0 Å². The molecule has 0 saturated carbocycles. The molecule has 0 heterocycles. The van der Waals surface area contributed by atoms with Crippen LogP contribution < -0.4 is 0 Å². The third-order valence-corrected chi connectivity index (χ3v) is 0.407. The van der Waals surface area contributed by atoms with Crippen molar-refractivity contribution >= 4 is 5.78 Å². The summed E-state index contributed by atoms with van der Waals surface area (Å²) in [7, 11) is 0. The molecular weight excluding hydrogens is 177 g/mol. The quantitative estimate of drug-likeness (QED) is 0.581.